The van der Waals surface area contributed by atoms with E-state index in [0.29, 0.717) is 0 Å². The average Bonchev–Trinajstić information content (AvgIpc) is 2.33. The van der Waals surface area contributed by atoms with Gasteiger partial charge in [-0.2, -0.15) is 0 Å². The summed E-state index contributed by atoms with van der Waals surface area (Å²) >= 11 is 0. The third-order valence-corrected chi connectivity index (χ3v) is 4.03. The lowest BCUT2D eigenvalue weighted by Gasteiger charge is -2.35. The van der Waals surface area contributed by atoms with Crippen LogP contribution in [-0.4, -0.2) is 11.1 Å². The summed E-state index contributed by atoms with van der Waals surface area (Å²) in [5.41, 5.74) is 2.66. The van der Waals surface area contributed by atoms with Gasteiger partial charge in [0.05, 0.1) is 5.41 Å². The second kappa shape index (κ2) is 4.52. The zero-order valence-electron chi connectivity index (χ0n) is 10.6. The molecule has 0 atom stereocenters. The molecule has 0 spiro atoms. The lowest BCUT2D eigenvalue weighted by Crippen LogP contribution is -2.38. The number of benzene rings is 1. The quantitative estimate of drug-likeness (QED) is 0.846. The number of hydrogen-bond donors (Lipinski definition) is 1. The van der Waals surface area contributed by atoms with Gasteiger partial charge in [0, 0.05) is 0 Å². The minimum Gasteiger partial charge on any atom is -0.481 e. The molecule has 0 aliphatic heterocycles. The van der Waals surface area contributed by atoms with Crippen LogP contribution in [0.1, 0.15) is 48.8 Å². The molecule has 2 heteroatoms. The molecule has 1 aliphatic carbocycles. The van der Waals surface area contributed by atoms with Gasteiger partial charge in [0.1, 0.15) is 0 Å². The Bertz CT molecular complexity index is 429. The monoisotopic (exact) mass is 232 g/mol. The molecule has 1 aliphatic rings. The predicted octanol–water partition coefficient (Wildman–Crippen LogP) is 3.59. The molecule has 0 bridgehead atoms. The van der Waals surface area contributed by atoms with Crippen LogP contribution >= 0.6 is 0 Å². The van der Waals surface area contributed by atoms with Gasteiger partial charge in [-0.05, 0) is 37.8 Å². The number of aliphatic carboxylic acids is 1. The van der Waals surface area contributed by atoms with Gasteiger partial charge in [0.15, 0.2) is 0 Å². The molecule has 1 saturated carbocycles. The summed E-state index contributed by atoms with van der Waals surface area (Å²) in [6.45, 7) is 4.05. The van der Waals surface area contributed by atoms with Crippen molar-refractivity contribution < 1.29 is 9.90 Å². The average molecular weight is 232 g/mol. The normalized spacial score (nSPS) is 18.9. The van der Waals surface area contributed by atoms with Crippen molar-refractivity contribution in [2.75, 3.05) is 0 Å². The van der Waals surface area contributed by atoms with E-state index >= 15 is 0 Å². The summed E-state index contributed by atoms with van der Waals surface area (Å²) in [6.07, 6.45) is 4.79. The highest BCUT2D eigenvalue weighted by molar-refractivity contribution is 5.82. The van der Waals surface area contributed by atoms with Crippen LogP contribution < -0.4 is 0 Å². The van der Waals surface area contributed by atoms with Crippen molar-refractivity contribution in [3.05, 3.63) is 34.9 Å². The van der Waals surface area contributed by atoms with Crippen LogP contribution in [-0.2, 0) is 10.2 Å². The molecule has 1 N–H and O–H groups in total. The Kier molecular flexibility index (Phi) is 3.23. The summed E-state index contributed by atoms with van der Waals surface area (Å²) < 4.78 is 0. The van der Waals surface area contributed by atoms with E-state index < -0.39 is 11.4 Å². The maximum atomic E-state index is 11.7. The van der Waals surface area contributed by atoms with Crippen LogP contribution in [0.15, 0.2) is 18.2 Å². The zero-order chi connectivity index (χ0) is 12.5. The standard InChI is InChI=1S/C15H20O2/c1-11-6-7-12(2)13(10-11)15(14(16)17)8-4-3-5-9-15/h6-7,10H,3-5,8-9H2,1-2H3,(H,16,17). The van der Waals surface area contributed by atoms with Crippen LogP contribution in [0.5, 0.6) is 0 Å². The SMILES string of the molecule is Cc1ccc(C)c(C2(C(=O)O)CCCCC2)c1. The van der Waals surface area contributed by atoms with Crippen LogP contribution in [0.2, 0.25) is 0 Å². The van der Waals surface area contributed by atoms with Crippen molar-refractivity contribution in [3.8, 4) is 0 Å². The highest BCUT2D eigenvalue weighted by Gasteiger charge is 2.42. The van der Waals surface area contributed by atoms with Crippen LogP contribution in [0.4, 0.5) is 0 Å². The fourth-order valence-electron chi connectivity index (χ4n) is 3.01. The zero-order valence-corrected chi connectivity index (χ0v) is 10.6. The number of carboxylic acids is 1. The third-order valence-electron chi connectivity index (χ3n) is 4.03. The Balaban J connectivity index is 2.52. The summed E-state index contributed by atoms with van der Waals surface area (Å²) in [4.78, 5) is 11.7. The van der Waals surface area contributed by atoms with Crippen molar-refractivity contribution in [1.29, 1.82) is 0 Å². The second-order valence-electron chi connectivity index (χ2n) is 5.27. The maximum Gasteiger partial charge on any atom is 0.314 e. The van der Waals surface area contributed by atoms with Crippen molar-refractivity contribution in [2.45, 2.75) is 51.4 Å². The van der Waals surface area contributed by atoms with E-state index in [-0.39, 0.29) is 0 Å². The van der Waals surface area contributed by atoms with E-state index in [9.17, 15) is 9.90 Å². The fraction of sp³-hybridized carbons (Fsp3) is 0.533. The van der Waals surface area contributed by atoms with Gasteiger partial charge >= 0.3 is 5.97 Å². The Morgan fingerprint density at radius 3 is 2.41 bits per heavy atom. The molecule has 0 unspecified atom stereocenters. The molecule has 1 aromatic carbocycles. The molecular formula is C15H20O2. The Morgan fingerprint density at radius 1 is 1.18 bits per heavy atom. The predicted molar refractivity (Wildman–Crippen MR) is 68.3 cm³/mol. The van der Waals surface area contributed by atoms with Gasteiger partial charge in [-0.15, -0.1) is 0 Å². The maximum absolute atomic E-state index is 11.7. The molecule has 92 valence electrons. The van der Waals surface area contributed by atoms with Crippen molar-refractivity contribution in [3.63, 3.8) is 0 Å². The van der Waals surface area contributed by atoms with Gasteiger partial charge in [0.25, 0.3) is 0 Å². The minimum atomic E-state index is -0.647. The first-order chi connectivity index (χ1) is 8.06. The first-order valence-electron chi connectivity index (χ1n) is 6.37. The molecule has 0 heterocycles. The minimum absolute atomic E-state index is 0.631. The van der Waals surface area contributed by atoms with Gasteiger partial charge in [-0.1, -0.05) is 43.0 Å². The van der Waals surface area contributed by atoms with E-state index in [0.717, 1.165) is 42.4 Å². The molecule has 2 rings (SSSR count). The van der Waals surface area contributed by atoms with E-state index in [4.69, 9.17) is 0 Å². The van der Waals surface area contributed by atoms with E-state index in [2.05, 4.69) is 12.1 Å². The van der Waals surface area contributed by atoms with Gasteiger partial charge in [-0.3, -0.25) is 4.79 Å². The molecule has 1 fully saturated rings. The Morgan fingerprint density at radius 2 is 1.82 bits per heavy atom. The number of carbonyl (C=O) groups is 1. The summed E-state index contributed by atoms with van der Waals surface area (Å²) in [6, 6.07) is 6.16. The number of rotatable bonds is 2. The molecule has 2 nitrogen and oxygen atoms in total. The molecule has 1 aromatic rings. The molecular weight excluding hydrogens is 212 g/mol. The molecule has 0 saturated heterocycles. The van der Waals surface area contributed by atoms with E-state index in [1.165, 1.54) is 6.42 Å². The second-order valence-corrected chi connectivity index (χ2v) is 5.27. The molecule has 17 heavy (non-hydrogen) atoms. The lowest BCUT2D eigenvalue weighted by molar-refractivity contribution is -0.145. The van der Waals surface area contributed by atoms with Gasteiger partial charge in [-0.25, -0.2) is 0 Å². The number of aryl methyl sites for hydroxylation is 2. The van der Waals surface area contributed by atoms with Crippen LogP contribution in [0, 0.1) is 13.8 Å². The van der Waals surface area contributed by atoms with Gasteiger partial charge in [0.2, 0.25) is 0 Å². The Labute approximate surface area is 103 Å². The van der Waals surface area contributed by atoms with Crippen molar-refractivity contribution >= 4 is 5.97 Å². The van der Waals surface area contributed by atoms with Crippen molar-refractivity contribution in [1.82, 2.24) is 0 Å². The Hall–Kier alpha value is -1.31. The number of carboxylic acid groups (broad SMARTS) is 1. The smallest absolute Gasteiger partial charge is 0.314 e. The van der Waals surface area contributed by atoms with Gasteiger partial charge < -0.3 is 5.11 Å². The number of hydrogen-bond acceptors (Lipinski definition) is 1. The fourth-order valence-corrected chi connectivity index (χ4v) is 3.01. The summed E-state index contributed by atoms with van der Waals surface area (Å²) in [7, 11) is 0. The van der Waals surface area contributed by atoms with Crippen LogP contribution in [0.3, 0.4) is 0 Å². The molecule has 0 amide bonds. The van der Waals surface area contributed by atoms with E-state index in [1.54, 1.807) is 0 Å². The molecule has 0 aromatic heterocycles. The van der Waals surface area contributed by atoms with E-state index in [1.807, 2.05) is 19.9 Å². The lowest BCUT2D eigenvalue weighted by atomic mass is 9.68. The highest BCUT2D eigenvalue weighted by Crippen LogP contribution is 2.41. The third kappa shape index (κ3) is 2.08. The van der Waals surface area contributed by atoms with Crippen molar-refractivity contribution in [2.24, 2.45) is 0 Å². The largest absolute Gasteiger partial charge is 0.481 e. The first kappa shape index (κ1) is 12.2. The molecule has 0 radical (unpaired) electrons. The summed E-state index contributed by atoms with van der Waals surface area (Å²) in [5.74, 6) is -0.647. The van der Waals surface area contributed by atoms with Crippen LogP contribution in [0.25, 0.3) is 0 Å². The first-order valence-corrected chi connectivity index (χ1v) is 6.37. The summed E-state index contributed by atoms with van der Waals surface area (Å²) in [5, 5.41) is 9.66. The topological polar surface area (TPSA) is 37.3 Å². The highest BCUT2D eigenvalue weighted by atomic mass is 16.4.